The zero-order chi connectivity index (χ0) is 12.8. The van der Waals surface area contributed by atoms with Crippen LogP contribution in [-0.2, 0) is 6.42 Å². The lowest BCUT2D eigenvalue weighted by Crippen LogP contribution is -2.23. The Morgan fingerprint density at radius 2 is 2.24 bits per heavy atom. The smallest absolute Gasteiger partial charge is 0.404 e. The second-order valence-electron chi connectivity index (χ2n) is 3.29. The number of thiocarbonyl (C=S) groups is 1. The SMILES string of the molecule is NC(=S)Nc1ccc(CCNC(=O)O)cc1F. The molecule has 0 aliphatic rings. The van der Waals surface area contributed by atoms with E-state index in [0.717, 1.165) is 0 Å². The molecule has 0 aliphatic heterocycles. The Labute approximate surface area is 103 Å². The van der Waals surface area contributed by atoms with E-state index in [4.69, 9.17) is 10.8 Å². The van der Waals surface area contributed by atoms with Crippen LogP contribution in [0.3, 0.4) is 0 Å². The fourth-order valence-corrected chi connectivity index (χ4v) is 1.37. The molecule has 0 aromatic heterocycles. The molecule has 5 nitrogen and oxygen atoms in total. The van der Waals surface area contributed by atoms with E-state index in [1.807, 2.05) is 0 Å². The first-order valence-corrected chi connectivity index (χ1v) is 5.21. The molecule has 1 amide bonds. The maximum atomic E-state index is 13.5. The van der Waals surface area contributed by atoms with Crippen molar-refractivity contribution in [2.45, 2.75) is 6.42 Å². The summed E-state index contributed by atoms with van der Waals surface area (Å²) in [7, 11) is 0. The third kappa shape index (κ3) is 4.64. The van der Waals surface area contributed by atoms with E-state index in [2.05, 4.69) is 22.9 Å². The van der Waals surface area contributed by atoms with Crippen molar-refractivity contribution in [2.75, 3.05) is 11.9 Å². The van der Waals surface area contributed by atoms with Crippen LogP contribution in [0.2, 0.25) is 0 Å². The molecule has 0 bridgehead atoms. The highest BCUT2D eigenvalue weighted by atomic mass is 32.1. The van der Waals surface area contributed by atoms with Crippen LogP contribution >= 0.6 is 12.2 Å². The number of hydrogen-bond donors (Lipinski definition) is 4. The predicted molar refractivity (Wildman–Crippen MR) is 66.5 cm³/mol. The van der Waals surface area contributed by atoms with Crippen LogP contribution in [0.1, 0.15) is 5.56 Å². The van der Waals surface area contributed by atoms with Crippen molar-refractivity contribution >= 4 is 29.1 Å². The highest BCUT2D eigenvalue weighted by molar-refractivity contribution is 7.80. The first-order valence-electron chi connectivity index (χ1n) is 4.80. The van der Waals surface area contributed by atoms with Gasteiger partial charge >= 0.3 is 6.09 Å². The Kier molecular flexibility index (Phi) is 4.65. The van der Waals surface area contributed by atoms with Crippen LogP contribution in [0.15, 0.2) is 18.2 Å². The van der Waals surface area contributed by atoms with Gasteiger partial charge in [-0.15, -0.1) is 0 Å². The molecule has 0 atom stereocenters. The Morgan fingerprint density at radius 1 is 1.53 bits per heavy atom. The molecule has 0 unspecified atom stereocenters. The van der Waals surface area contributed by atoms with Gasteiger partial charge in [-0.2, -0.15) is 0 Å². The Morgan fingerprint density at radius 3 is 2.76 bits per heavy atom. The number of hydrogen-bond acceptors (Lipinski definition) is 2. The summed E-state index contributed by atoms with van der Waals surface area (Å²) >= 11 is 4.59. The van der Waals surface area contributed by atoms with E-state index in [0.29, 0.717) is 12.0 Å². The van der Waals surface area contributed by atoms with Gasteiger partial charge in [0.25, 0.3) is 0 Å². The maximum absolute atomic E-state index is 13.5. The van der Waals surface area contributed by atoms with E-state index >= 15 is 0 Å². The minimum atomic E-state index is -1.10. The van der Waals surface area contributed by atoms with Crippen LogP contribution in [0.4, 0.5) is 14.9 Å². The number of benzene rings is 1. The van der Waals surface area contributed by atoms with Crippen molar-refractivity contribution in [1.29, 1.82) is 0 Å². The van der Waals surface area contributed by atoms with E-state index in [-0.39, 0.29) is 17.3 Å². The van der Waals surface area contributed by atoms with Crippen molar-refractivity contribution in [3.05, 3.63) is 29.6 Å². The molecule has 0 saturated heterocycles. The summed E-state index contributed by atoms with van der Waals surface area (Å²) in [4.78, 5) is 10.2. The molecule has 7 heteroatoms. The van der Waals surface area contributed by atoms with Gasteiger partial charge in [0.2, 0.25) is 0 Å². The van der Waals surface area contributed by atoms with E-state index in [1.165, 1.54) is 12.1 Å². The largest absolute Gasteiger partial charge is 0.465 e. The van der Waals surface area contributed by atoms with Gasteiger partial charge in [-0.3, -0.25) is 0 Å². The van der Waals surface area contributed by atoms with E-state index < -0.39 is 11.9 Å². The third-order valence-electron chi connectivity index (χ3n) is 1.98. The predicted octanol–water partition coefficient (Wildman–Crippen LogP) is 1.29. The summed E-state index contributed by atoms with van der Waals surface area (Å²) in [5.41, 5.74) is 6.11. The topological polar surface area (TPSA) is 87.4 Å². The van der Waals surface area contributed by atoms with Crippen molar-refractivity contribution in [1.82, 2.24) is 5.32 Å². The summed E-state index contributed by atoms with van der Waals surface area (Å²) in [6.45, 7) is 0.233. The van der Waals surface area contributed by atoms with Gasteiger partial charge in [0, 0.05) is 6.54 Å². The quantitative estimate of drug-likeness (QED) is 0.611. The molecular formula is C10H12FN3O2S. The van der Waals surface area contributed by atoms with Gasteiger partial charge in [0.1, 0.15) is 5.82 Å². The van der Waals surface area contributed by atoms with E-state index in [1.54, 1.807) is 6.07 Å². The molecule has 92 valence electrons. The van der Waals surface area contributed by atoms with Crippen molar-refractivity contribution in [3.8, 4) is 0 Å². The average Bonchev–Trinajstić information content (AvgIpc) is 2.21. The van der Waals surface area contributed by atoms with Crippen LogP contribution in [0.5, 0.6) is 0 Å². The molecule has 1 rings (SSSR count). The Hall–Kier alpha value is -1.89. The molecule has 1 aromatic carbocycles. The van der Waals surface area contributed by atoms with Gasteiger partial charge in [-0.1, -0.05) is 6.07 Å². The van der Waals surface area contributed by atoms with Crippen LogP contribution in [0.25, 0.3) is 0 Å². The van der Waals surface area contributed by atoms with Crippen LogP contribution in [0, 0.1) is 5.82 Å². The lowest BCUT2D eigenvalue weighted by atomic mass is 10.1. The molecule has 0 fully saturated rings. The lowest BCUT2D eigenvalue weighted by Gasteiger charge is -2.07. The molecule has 0 radical (unpaired) electrons. The molecule has 0 heterocycles. The Balaban J connectivity index is 2.62. The highest BCUT2D eigenvalue weighted by Crippen LogP contribution is 2.15. The molecule has 0 saturated carbocycles. The molecular weight excluding hydrogens is 245 g/mol. The molecule has 0 aliphatic carbocycles. The van der Waals surface area contributed by atoms with Gasteiger partial charge in [0.05, 0.1) is 5.69 Å². The summed E-state index contributed by atoms with van der Waals surface area (Å²) in [5, 5.41) is 13.1. The summed E-state index contributed by atoms with van der Waals surface area (Å²) in [6.07, 6.45) is -0.687. The monoisotopic (exact) mass is 257 g/mol. The fraction of sp³-hybridized carbons (Fsp3) is 0.200. The zero-order valence-corrected chi connectivity index (χ0v) is 9.68. The lowest BCUT2D eigenvalue weighted by molar-refractivity contribution is 0.194. The fourth-order valence-electron chi connectivity index (χ4n) is 1.26. The minimum absolute atomic E-state index is 0.0100. The van der Waals surface area contributed by atoms with Gasteiger partial charge in [0.15, 0.2) is 5.11 Å². The minimum Gasteiger partial charge on any atom is -0.465 e. The van der Waals surface area contributed by atoms with E-state index in [9.17, 15) is 9.18 Å². The number of carboxylic acid groups (broad SMARTS) is 1. The summed E-state index contributed by atoms with van der Waals surface area (Å²) < 4.78 is 13.5. The number of nitrogens with two attached hydrogens (primary N) is 1. The number of amides is 1. The van der Waals surface area contributed by atoms with Gasteiger partial charge in [-0.25, -0.2) is 9.18 Å². The molecule has 5 N–H and O–H groups in total. The van der Waals surface area contributed by atoms with Gasteiger partial charge < -0.3 is 21.5 Å². The number of anilines is 1. The third-order valence-corrected chi connectivity index (χ3v) is 2.08. The van der Waals surface area contributed by atoms with Crippen LogP contribution < -0.4 is 16.4 Å². The standard InChI is InChI=1S/C10H12FN3O2S/c11-7-5-6(3-4-13-10(15)16)1-2-8(7)14-9(12)17/h1-2,5,13H,3-4H2,(H,15,16)(H3,12,14,17). The first-order chi connectivity index (χ1) is 7.99. The van der Waals surface area contributed by atoms with Crippen LogP contribution in [-0.4, -0.2) is 22.9 Å². The number of halogens is 1. The molecule has 0 spiro atoms. The molecule has 1 aromatic rings. The number of rotatable bonds is 4. The van der Waals surface area contributed by atoms with Crippen molar-refractivity contribution in [3.63, 3.8) is 0 Å². The normalized spacial score (nSPS) is 9.71. The second-order valence-corrected chi connectivity index (χ2v) is 3.73. The van der Waals surface area contributed by atoms with Crippen molar-refractivity contribution in [2.24, 2.45) is 5.73 Å². The number of carbonyl (C=O) groups is 1. The average molecular weight is 257 g/mol. The number of nitrogens with one attached hydrogen (secondary N) is 2. The second kappa shape index (κ2) is 6.00. The molecule has 17 heavy (non-hydrogen) atoms. The first kappa shape index (κ1) is 13.2. The van der Waals surface area contributed by atoms with Gasteiger partial charge in [-0.05, 0) is 36.3 Å². The Bertz CT molecular complexity index is 440. The zero-order valence-electron chi connectivity index (χ0n) is 8.87. The maximum Gasteiger partial charge on any atom is 0.404 e. The summed E-state index contributed by atoms with van der Waals surface area (Å²) in [5.74, 6) is -0.481. The van der Waals surface area contributed by atoms with Crippen molar-refractivity contribution < 1.29 is 14.3 Å². The summed E-state index contributed by atoms with van der Waals surface area (Å²) in [6, 6.07) is 4.49. The highest BCUT2D eigenvalue weighted by Gasteiger charge is 2.04.